The molecule has 1 aliphatic heterocycles. The number of aromatic nitrogens is 1. The molecule has 1 aromatic heterocycles. The standard InChI is InChI=1S/C25H28F3N3O3S/c1-35(33,34)31-23(32)30-15-24(31)12-18-13-25(27,28)10-9-21(18)22(24)8-7-20-6-5-17(14-29-20)16-3-2-4-19(26)11-16/h2-6,11,14,18,21-22H,7-10,12-13,15H2,1H3,(H,30,32)/t18-,21-,22+,24?/m1/s1. The zero-order valence-electron chi connectivity index (χ0n) is 19.4. The van der Waals surface area contributed by atoms with Gasteiger partial charge in [0.25, 0.3) is 0 Å². The summed E-state index contributed by atoms with van der Waals surface area (Å²) < 4.78 is 68.3. The van der Waals surface area contributed by atoms with E-state index in [2.05, 4.69) is 10.3 Å². The number of nitrogens with one attached hydrogen (secondary N) is 1. The number of rotatable bonds is 5. The topological polar surface area (TPSA) is 79.4 Å². The second-order valence-corrected chi connectivity index (χ2v) is 12.0. The van der Waals surface area contributed by atoms with Crippen LogP contribution >= 0.6 is 0 Å². The number of pyridine rings is 1. The van der Waals surface area contributed by atoms with E-state index >= 15 is 0 Å². The van der Waals surface area contributed by atoms with Crippen molar-refractivity contribution in [1.82, 2.24) is 14.6 Å². The highest BCUT2D eigenvalue weighted by Crippen LogP contribution is 2.58. The molecular weight excluding hydrogens is 479 g/mol. The van der Waals surface area contributed by atoms with Crippen molar-refractivity contribution in [3.63, 3.8) is 0 Å². The van der Waals surface area contributed by atoms with Crippen LogP contribution in [0.25, 0.3) is 11.1 Å². The zero-order valence-corrected chi connectivity index (χ0v) is 20.2. The molecule has 1 N–H and O–H groups in total. The minimum Gasteiger partial charge on any atom is -0.335 e. The van der Waals surface area contributed by atoms with Crippen molar-refractivity contribution in [2.24, 2.45) is 17.8 Å². The van der Waals surface area contributed by atoms with Crippen LogP contribution in [0.5, 0.6) is 0 Å². The van der Waals surface area contributed by atoms with E-state index < -0.39 is 27.5 Å². The van der Waals surface area contributed by atoms with Gasteiger partial charge in [-0.05, 0) is 67.2 Å². The van der Waals surface area contributed by atoms with Crippen LogP contribution < -0.4 is 5.32 Å². The molecule has 2 aromatic rings. The molecular formula is C25H28F3N3O3S. The first-order chi connectivity index (χ1) is 16.5. The lowest BCUT2D eigenvalue weighted by atomic mass is 9.73. The lowest BCUT2D eigenvalue weighted by Crippen LogP contribution is -2.53. The van der Waals surface area contributed by atoms with Crippen LogP contribution in [0.1, 0.15) is 37.8 Å². The molecule has 4 atom stereocenters. The maximum absolute atomic E-state index is 14.3. The van der Waals surface area contributed by atoms with Crippen LogP contribution in [-0.2, 0) is 16.4 Å². The molecule has 2 saturated carbocycles. The third-order valence-corrected chi connectivity index (χ3v) is 9.19. The summed E-state index contributed by atoms with van der Waals surface area (Å²) in [7, 11) is -3.88. The van der Waals surface area contributed by atoms with Crippen molar-refractivity contribution in [3.05, 3.63) is 54.1 Å². The van der Waals surface area contributed by atoms with Gasteiger partial charge in [0, 0.05) is 36.8 Å². The molecule has 5 rings (SSSR count). The van der Waals surface area contributed by atoms with Crippen molar-refractivity contribution < 1.29 is 26.4 Å². The van der Waals surface area contributed by atoms with Gasteiger partial charge in [0.05, 0.1) is 11.8 Å². The van der Waals surface area contributed by atoms with E-state index in [4.69, 9.17) is 0 Å². The fourth-order valence-electron chi connectivity index (χ4n) is 6.70. The summed E-state index contributed by atoms with van der Waals surface area (Å²) in [5, 5.41) is 2.67. The summed E-state index contributed by atoms with van der Waals surface area (Å²) in [5.74, 6) is -3.78. The molecule has 10 heteroatoms. The van der Waals surface area contributed by atoms with Crippen LogP contribution in [0.2, 0.25) is 0 Å². The Balaban J connectivity index is 1.41. The number of urea groups is 1. The predicted molar refractivity (Wildman–Crippen MR) is 125 cm³/mol. The van der Waals surface area contributed by atoms with Crippen LogP contribution in [0.4, 0.5) is 18.0 Å². The molecule has 3 aliphatic rings. The van der Waals surface area contributed by atoms with E-state index in [0.717, 1.165) is 21.8 Å². The summed E-state index contributed by atoms with van der Waals surface area (Å²) in [6.07, 6.45) is 3.77. The van der Waals surface area contributed by atoms with Gasteiger partial charge < -0.3 is 5.32 Å². The molecule has 2 aliphatic carbocycles. The predicted octanol–water partition coefficient (Wildman–Crippen LogP) is 4.62. The van der Waals surface area contributed by atoms with Gasteiger partial charge in [0.2, 0.25) is 15.9 Å². The van der Waals surface area contributed by atoms with Gasteiger partial charge in [0.15, 0.2) is 0 Å². The highest BCUT2D eigenvalue weighted by atomic mass is 32.2. The van der Waals surface area contributed by atoms with E-state index in [-0.39, 0.29) is 49.4 Å². The maximum atomic E-state index is 14.3. The van der Waals surface area contributed by atoms with Crippen LogP contribution in [0, 0.1) is 23.6 Å². The Bertz CT molecular complexity index is 1240. The first-order valence-electron chi connectivity index (χ1n) is 11.9. The number of carbonyl (C=O) groups excluding carboxylic acids is 1. The number of carbonyl (C=O) groups is 1. The summed E-state index contributed by atoms with van der Waals surface area (Å²) in [5.41, 5.74) is 1.22. The van der Waals surface area contributed by atoms with Gasteiger partial charge in [-0.1, -0.05) is 18.2 Å². The fourth-order valence-corrected chi connectivity index (χ4v) is 8.00. The minimum atomic E-state index is -3.88. The smallest absolute Gasteiger partial charge is 0.331 e. The van der Waals surface area contributed by atoms with E-state index in [9.17, 15) is 26.4 Å². The summed E-state index contributed by atoms with van der Waals surface area (Å²) in [6.45, 7) is 0.133. The van der Waals surface area contributed by atoms with Crippen molar-refractivity contribution >= 4 is 16.1 Å². The van der Waals surface area contributed by atoms with E-state index in [1.165, 1.54) is 12.1 Å². The molecule has 6 nitrogen and oxygen atoms in total. The van der Waals surface area contributed by atoms with Gasteiger partial charge >= 0.3 is 6.03 Å². The minimum absolute atomic E-state index is 0.0851. The first kappa shape index (κ1) is 24.1. The molecule has 3 fully saturated rings. The third-order valence-electron chi connectivity index (χ3n) is 7.99. The van der Waals surface area contributed by atoms with Crippen molar-refractivity contribution in [3.8, 4) is 11.1 Å². The van der Waals surface area contributed by atoms with Crippen LogP contribution in [0.3, 0.4) is 0 Å². The fraction of sp³-hybridized carbons (Fsp3) is 0.520. The van der Waals surface area contributed by atoms with E-state index in [1.807, 2.05) is 12.1 Å². The normalized spacial score (nSPS) is 29.9. The molecule has 1 unspecified atom stereocenters. The second-order valence-electron chi connectivity index (χ2n) is 10.2. The molecule has 188 valence electrons. The van der Waals surface area contributed by atoms with Crippen molar-refractivity contribution in [2.75, 3.05) is 12.8 Å². The molecule has 1 saturated heterocycles. The van der Waals surface area contributed by atoms with Crippen molar-refractivity contribution in [1.29, 1.82) is 0 Å². The number of nitrogens with zero attached hydrogens (tertiary/aromatic N) is 2. The Hall–Kier alpha value is -2.62. The zero-order chi connectivity index (χ0) is 25.0. The summed E-state index contributed by atoms with van der Waals surface area (Å²) in [6, 6.07) is 9.26. The third kappa shape index (κ3) is 4.41. The monoisotopic (exact) mass is 507 g/mol. The highest BCUT2D eigenvalue weighted by Gasteiger charge is 2.64. The van der Waals surface area contributed by atoms with Crippen LogP contribution in [-0.4, -0.2) is 48.0 Å². The number of amides is 2. The Morgan fingerprint density at radius 1 is 1.17 bits per heavy atom. The highest BCUT2D eigenvalue weighted by molar-refractivity contribution is 7.89. The lowest BCUT2D eigenvalue weighted by Gasteiger charge is -2.39. The largest absolute Gasteiger partial charge is 0.335 e. The molecule has 1 aromatic carbocycles. The Kier molecular flexibility index (Phi) is 5.85. The Morgan fingerprint density at radius 2 is 1.97 bits per heavy atom. The first-order valence-corrected chi connectivity index (χ1v) is 13.7. The lowest BCUT2D eigenvalue weighted by molar-refractivity contribution is -0.0680. The number of benzene rings is 1. The molecule has 35 heavy (non-hydrogen) atoms. The van der Waals surface area contributed by atoms with Crippen LogP contribution in [0.15, 0.2) is 42.6 Å². The van der Waals surface area contributed by atoms with Gasteiger partial charge in [-0.25, -0.2) is 30.7 Å². The molecule has 0 bridgehead atoms. The van der Waals surface area contributed by atoms with Crippen molar-refractivity contribution in [2.45, 2.75) is 50.0 Å². The van der Waals surface area contributed by atoms with Gasteiger partial charge in [-0.3, -0.25) is 4.98 Å². The van der Waals surface area contributed by atoms with Gasteiger partial charge in [0.1, 0.15) is 5.82 Å². The number of halogens is 3. The number of fused-ring (bicyclic) bond motifs is 1. The molecule has 1 spiro atoms. The van der Waals surface area contributed by atoms with E-state index in [0.29, 0.717) is 24.8 Å². The van der Waals surface area contributed by atoms with Gasteiger partial charge in [-0.2, -0.15) is 0 Å². The molecule has 0 radical (unpaired) electrons. The summed E-state index contributed by atoms with van der Waals surface area (Å²) >= 11 is 0. The SMILES string of the molecule is CS(=O)(=O)N1C(=O)NCC12C[C@@H]1CC(F)(F)CC[C@H]1[C@@H]2CCc1ccc(-c2cccc(F)c2)cn1. The molecule has 2 heterocycles. The molecule has 2 amide bonds. The van der Waals surface area contributed by atoms with Gasteiger partial charge in [-0.15, -0.1) is 0 Å². The Morgan fingerprint density at radius 3 is 2.66 bits per heavy atom. The number of hydrogen-bond acceptors (Lipinski definition) is 4. The number of hydrogen-bond donors (Lipinski definition) is 1. The average molecular weight is 508 g/mol. The quantitative estimate of drug-likeness (QED) is 0.641. The average Bonchev–Trinajstić information content (AvgIpc) is 3.27. The second kappa shape index (κ2) is 8.50. The summed E-state index contributed by atoms with van der Waals surface area (Å²) in [4.78, 5) is 17.1. The number of sulfonamides is 1. The number of aryl methyl sites for hydroxylation is 1. The number of alkyl halides is 2. The van der Waals surface area contributed by atoms with E-state index in [1.54, 1.807) is 18.3 Å². The maximum Gasteiger partial charge on any atom is 0.331 e. The Labute approximate surface area is 203 Å².